The van der Waals surface area contributed by atoms with Crippen LogP contribution in [0, 0.1) is 0 Å². The molecule has 25 heavy (non-hydrogen) atoms. The molecule has 1 saturated heterocycles. The molecule has 1 fully saturated rings. The van der Waals surface area contributed by atoms with Crippen molar-refractivity contribution in [3.05, 3.63) is 60.0 Å². The zero-order chi connectivity index (χ0) is 17.1. The van der Waals surface area contributed by atoms with Gasteiger partial charge in [0, 0.05) is 38.9 Å². The average molecular weight is 337 g/mol. The fourth-order valence-corrected chi connectivity index (χ4v) is 3.34. The fourth-order valence-electron chi connectivity index (χ4n) is 3.34. The summed E-state index contributed by atoms with van der Waals surface area (Å²) in [6.07, 6.45) is 1.35. The highest BCUT2D eigenvalue weighted by atomic mass is 16.3. The van der Waals surface area contributed by atoms with Gasteiger partial charge in [-0.05, 0) is 17.7 Å². The molecule has 0 amide bonds. The third-order valence-electron chi connectivity index (χ3n) is 4.76. The minimum Gasteiger partial charge on any atom is -0.387 e. The van der Waals surface area contributed by atoms with E-state index < -0.39 is 6.10 Å². The number of benzene rings is 1. The highest BCUT2D eigenvalue weighted by molar-refractivity contribution is 5.69. The molecule has 3 aromatic rings. The Morgan fingerprint density at radius 2 is 1.76 bits per heavy atom. The van der Waals surface area contributed by atoms with Gasteiger partial charge in [-0.3, -0.25) is 9.80 Å². The molecule has 0 spiro atoms. The first kappa shape index (κ1) is 16.2. The number of β-amino-alcohol motifs (C(OH)–C–C–N with tert-alkyl or cyclic N) is 1. The molecule has 1 atom stereocenters. The summed E-state index contributed by atoms with van der Waals surface area (Å²) >= 11 is 0. The summed E-state index contributed by atoms with van der Waals surface area (Å²) in [4.78, 5) is 16.9. The molecule has 6 nitrogen and oxygen atoms in total. The second kappa shape index (κ2) is 7.31. The van der Waals surface area contributed by atoms with Crippen LogP contribution in [0.15, 0.2) is 48.7 Å². The van der Waals surface area contributed by atoms with E-state index >= 15 is 0 Å². The maximum atomic E-state index is 10.4. The van der Waals surface area contributed by atoms with Crippen LogP contribution in [0.25, 0.3) is 11.2 Å². The number of aromatic amines is 1. The number of rotatable bonds is 5. The maximum absolute atomic E-state index is 10.4. The second-order valence-corrected chi connectivity index (χ2v) is 6.56. The predicted molar refractivity (Wildman–Crippen MR) is 97.0 cm³/mol. The molecule has 4 rings (SSSR count). The van der Waals surface area contributed by atoms with Gasteiger partial charge in [0.05, 0.1) is 18.2 Å². The number of hydrogen-bond acceptors (Lipinski definition) is 5. The summed E-state index contributed by atoms with van der Waals surface area (Å²) in [7, 11) is 0. The van der Waals surface area contributed by atoms with E-state index in [1.54, 1.807) is 6.20 Å². The van der Waals surface area contributed by atoms with E-state index in [-0.39, 0.29) is 0 Å². The zero-order valence-electron chi connectivity index (χ0n) is 14.2. The van der Waals surface area contributed by atoms with Crippen molar-refractivity contribution in [1.82, 2.24) is 24.8 Å². The first-order valence-electron chi connectivity index (χ1n) is 8.75. The molecule has 0 radical (unpaired) electrons. The monoisotopic (exact) mass is 337 g/mol. The van der Waals surface area contributed by atoms with Crippen LogP contribution < -0.4 is 0 Å². The number of aliphatic hydroxyl groups is 1. The van der Waals surface area contributed by atoms with Crippen LogP contribution in [-0.4, -0.2) is 62.6 Å². The topological polar surface area (TPSA) is 68.3 Å². The number of piperazine rings is 1. The fraction of sp³-hybridized carbons (Fsp3) is 0.368. The normalized spacial score (nSPS) is 17.8. The van der Waals surface area contributed by atoms with Crippen molar-refractivity contribution in [1.29, 1.82) is 0 Å². The van der Waals surface area contributed by atoms with Gasteiger partial charge in [-0.15, -0.1) is 0 Å². The molecule has 2 N–H and O–H groups in total. The highest BCUT2D eigenvalue weighted by Gasteiger charge is 2.20. The molecular weight excluding hydrogens is 314 g/mol. The summed E-state index contributed by atoms with van der Waals surface area (Å²) in [5.41, 5.74) is 2.75. The van der Waals surface area contributed by atoms with Gasteiger partial charge >= 0.3 is 0 Å². The Morgan fingerprint density at radius 1 is 1.00 bits per heavy atom. The first-order valence-corrected chi connectivity index (χ1v) is 8.75. The molecular formula is C19H23N5O. The Kier molecular flexibility index (Phi) is 4.74. The molecule has 0 bridgehead atoms. The SMILES string of the molecule is OC(CN1CCN(Cc2nc3ncccc3[nH]2)CC1)c1ccccc1. The highest BCUT2D eigenvalue weighted by Crippen LogP contribution is 2.16. The lowest BCUT2D eigenvalue weighted by molar-refractivity contribution is 0.0693. The number of H-pyrrole nitrogens is 1. The van der Waals surface area contributed by atoms with E-state index in [0.29, 0.717) is 6.54 Å². The number of pyridine rings is 1. The summed E-state index contributed by atoms with van der Waals surface area (Å²) < 4.78 is 0. The smallest absolute Gasteiger partial charge is 0.177 e. The first-order chi connectivity index (χ1) is 12.3. The van der Waals surface area contributed by atoms with Crippen LogP contribution in [0.1, 0.15) is 17.5 Å². The van der Waals surface area contributed by atoms with Gasteiger partial charge in [-0.1, -0.05) is 30.3 Å². The van der Waals surface area contributed by atoms with Crippen molar-refractivity contribution in [3.63, 3.8) is 0 Å². The zero-order valence-corrected chi connectivity index (χ0v) is 14.2. The van der Waals surface area contributed by atoms with Crippen LogP contribution in [0.4, 0.5) is 0 Å². The van der Waals surface area contributed by atoms with Gasteiger partial charge in [0.25, 0.3) is 0 Å². The van der Waals surface area contributed by atoms with E-state index in [1.807, 2.05) is 42.5 Å². The van der Waals surface area contributed by atoms with Gasteiger partial charge in [-0.2, -0.15) is 0 Å². The van der Waals surface area contributed by atoms with Gasteiger partial charge < -0.3 is 10.1 Å². The lowest BCUT2D eigenvalue weighted by Gasteiger charge is -2.35. The largest absolute Gasteiger partial charge is 0.387 e. The molecule has 0 saturated carbocycles. The average Bonchev–Trinajstić information content (AvgIpc) is 3.06. The molecule has 2 aromatic heterocycles. The van der Waals surface area contributed by atoms with Crippen molar-refractivity contribution in [2.24, 2.45) is 0 Å². The lowest BCUT2D eigenvalue weighted by atomic mass is 10.1. The van der Waals surface area contributed by atoms with Gasteiger partial charge in [0.1, 0.15) is 5.82 Å². The Labute approximate surface area is 147 Å². The number of nitrogens with zero attached hydrogens (tertiary/aromatic N) is 4. The van der Waals surface area contributed by atoms with Crippen LogP contribution in [0.2, 0.25) is 0 Å². The Balaban J connectivity index is 1.29. The minimum atomic E-state index is -0.422. The molecule has 0 aliphatic carbocycles. The summed E-state index contributed by atoms with van der Waals surface area (Å²) in [5.74, 6) is 0.964. The van der Waals surface area contributed by atoms with Crippen molar-refractivity contribution < 1.29 is 5.11 Å². The number of aliphatic hydroxyl groups excluding tert-OH is 1. The third-order valence-corrected chi connectivity index (χ3v) is 4.76. The Morgan fingerprint density at radius 3 is 2.52 bits per heavy atom. The lowest BCUT2D eigenvalue weighted by Crippen LogP contribution is -2.47. The van der Waals surface area contributed by atoms with E-state index in [1.165, 1.54) is 0 Å². The molecule has 1 unspecified atom stereocenters. The Bertz CT molecular complexity index is 778. The van der Waals surface area contributed by atoms with Crippen LogP contribution in [-0.2, 0) is 6.54 Å². The standard InChI is InChI=1S/C19H23N5O/c25-17(15-5-2-1-3-6-15)13-23-9-11-24(12-10-23)14-18-21-16-7-4-8-20-19(16)22-18/h1-8,17,25H,9-14H2,(H,20,21,22). The number of aromatic nitrogens is 3. The van der Waals surface area contributed by atoms with Crippen molar-refractivity contribution in [2.45, 2.75) is 12.6 Å². The second-order valence-electron chi connectivity index (χ2n) is 6.56. The van der Waals surface area contributed by atoms with Crippen LogP contribution in [0.3, 0.4) is 0 Å². The summed E-state index contributed by atoms with van der Waals surface area (Å²) in [6.45, 7) is 5.38. The number of hydrogen-bond donors (Lipinski definition) is 2. The minimum absolute atomic E-state index is 0.422. The number of nitrogens with one attached hydrogen (secondary N) is 1. The maximum Gasteiger partial charge on any atom is 0.177 e. The van der Waals surface area contributed by atoms with Gasteiger partial charge in [0.15, 0.2) is 5.65 Å². The van der Waals surface area contributed by atoms with Crippen LogP contribution in [0.5, 0.6) is 0 Å². The summed E-state index contributed by atoms with van der Waals surface area (Å²) in [6, 6.07) is 13.8. The number of fused-ring (bicyclic) bond motifs is 1. The van der Waals surface area contributed by atoms with E-state index in [2.05, 4.69) is 24.8 Å². The van der Waals surface area contributed by atoms with Crippen LogP contribution >= 0.6 is 0 Å². The van der Waals surface area contributed by atoms with Crippen molar-refractivity contribution >= 4 is 11.2 Å². The predicted octanol–water partition coefficient (Wildman–Crippen LogP) is 1.81. The van der Waals surface area contributed by atoms with E-state index in [4.69, 9.17) is 0 Å². The third kappa shape index (κ3) is 3.87. The van der Waals surface area contributed by atoms with Gasteiger partial charge in [0.2, 0.25) is 0 Å². The van der Waals surface area contributed by atoms with E-state index in [9.17, 15) is 5.11 Å². The molecule has 3 heterocycles. The van der Waals surface area contributed by atoms with Crippen molar-refractivity contribution in [2.75, 3.05) is 32.7 Å². The summed E-state index contributed by atoms with van der Waals surface area (Å²) in [5, 5.41) is 10.4. The van der Waals surface area contributed by atoms with Gasteiger partial charge in [-0.25, -0.2) is 9.97 Å². The van der Waals surface area contributed by atoms with E-state index in [0.717, 1.165) is 55.3 Å². The Hall–Kier alpha value is -2.28. The van der Waals surface area contributed by atoms with Crippen molar-refractivity contribution in [3.8, 4) is 0 Å². The quantitative estimate of drug-likeness (QED) is 0.743. The number of imidazole rings is 1. The molecule has 6 heteroatoms. The molecule has 130 valence electrons. The molecule has 1 aliphatic rings. The molecule has 1 aromatic carbocycles. The molecule has 1 aliphatic heterocycles.